The van der Waals surface area contributed by atoms with Gasteiger partial charge in [0.05, 0.1) is 5.69 Å². The number of aromatic nitrogens is 2. The number of benzene rings is 1. The minimum atomic E-state index is -0.574. The highest BCUT2D eigenvalue weighted by Gasteiger charge is 2.11. The van der Waals surface area contributed by atoms with E-state index < -0.39 is 5.38 Å². The summed E-state index contributed by atoms with van der Waals surface area (Å²) in [5.41, 5.74) is 3.50. The number of nitrogens with zero attached hydrogens (tertiary/aromatic N) is 2. The highest BCUT2D eigenvalue weighted by Crippen LogP contribution is 2.29. The smallest absolute Gasteiger partial charge is 0.242 e. The van der Waals surface area contributed by atoms with Crippen molar-refractivity contribution in [2.24, 2.45) is 0 Å². The lowest BCUT2D eigenvalue weighted by molar-refractivity contribution is -0.115. The third-order valence-electron chi connectivity index (χ3n) is 3.20. The summed E-state index contributed by atoms with van der Waals surface area (Å²) in [4.78, 5) is 20.4. The number of nitrogens with one attached hydrogen (secondary N) is 1. The lowest BCUT2D eigenvalue weighted by atomic mass is 10.1. The van der Waals surface area contributed by atoms with Crippen molar-refractivity contribution in [1.29, 1.82) is 0 Å². The minimum absolute atomic E-state index is 0.224. The fourth-order valence-corrected chi connectivity index (χ4v) is 2.90. The van der Waals surface area contributed by atoms with Gasteiger partial charge in [0, 0.05) is 34.6 Å². The first-order chi connectivity index (χ1) is 11.1. The molecule has 1 aromatic carbocycles. The number of carbonyl (C=O) groups excluding carboxylic acids is 1. The molecule has 3 aromatic rings. The Kier molecular flexibility index (Phi) is 4.69. The first-order valence-electron chi connectivity index (χ1n) is 7.05. The van der Waals surface area contributed by atoms with Crippen LogP contribution in [0.1, 0.15) is 6.92 Å². The Labute approximate surface area is 143 Å². The van der Waals surface area contributed by atoms with Crippen LogP contribution in [0.25, 0.3) is 21.8 Å². The number of anilines is 1. The van der Waals surface area contributed by atoms with Crippen LogP contribution in [0.2, 0.25) is 0 Å². The van der Waals surface area contributed by atoms with Crippen molar-refractivity contribution in [3.8, 4) is 21.8 Å². The van der Waals surface area contributed by atoms with Gasteiger partial charge in [-0.3, -0.25) is 9.78 Å². The molecular weight excluding hydrogens is 330 g/mol. The maximum atomic E-state index is 11.7. The van der Waals surface area contributed by atoms with Crippen molar-refractivity contribution in [3.63, 3.8) is 0 Å². The molecule has 2 heterocycles. The molecule has 0 bridgehead atoms. The van der Waals surface area contributed by atoms with E-state index in [9.17, 15) is 4.79 Å². The molecule has 0 radical (unpaired) electrons. The summed E-state index contributed by atoms with van der Waals surface area (Å²) < 4.78 is 0. The Morgan fingerprint density at radius 2 is 2.09 bits per heavy atom. The zero-order valence-electron chi connectivity index (χ0n) is 12.4. The van der Waals surface area contributed by atoms with Gasteiger partial charge in [0.1, 0.15) is 10.4 Å². The highest BCUT2D eigenvalue weighted by molar-refractivity contribution is 7.13. The summed E-state index contributed by atoms with van der Waals surface area (Å²) in [6.45, 7) is 1.64. The number of rotatable bonds is 4. The first-order valence-corrected chi connectivity index (χ1v) is 8.36. The molecule has 6 heteroatoms. The predicted octanol–water partition coefficient (Wildman–Crippen LogP) is 4.44. The van der Waals surface area contributed by atoms with Crippen LogP contribution in [0.15, 0.2) is 54.2 Å². The molecule has 0 aliphatic carbocycles. The fraction of sp³-hybridized carbons (Fsp3) is 0.118. The number of carbonyl (C=O) groups is 1. The van der Waals surface area contributed by atoms with Gasteiger partial charge >= 0.3 is 0 Å². The normalized spacial score (nSPS) is 11.9. The van der Waals surface area contributed by atoms with Gasteiger partial charge in [0.2, 0.25) is 5.91 Å². The Bertz CT molecular complexity index is 817. The quantitative estimate of drug-likeness (QED) is 0.712. The molecule has 23 heavy (non-hydrogen) atoms. The van der Waals surface area contributed by atoms with Gasteiger partial charge in [-0.25, -0.2) is 4.98 Å². The highest BCUT2D eigenvalue weighted by atomic mass is 35.5. The summed E-state index contributed by atoms with van der Waals surface area (Å²) in [5, 5.41) is 5.12. The third-order valence-corrected chi connectivity index (χ3v) is 4.29. The van der Waals surface area contributed by atoms with Gasteiger partial charge in [-0.2, -0.15) is 0 Å². The van der Waals surface area contributed by atoms with E-state index in [1.165, 1.54) is 0 Å². The molecule has 0 saturated carbocycles. The number of amides is 1. The van der Waals surface area contributed by atoms with Gasteiger partial charge in [0.15, 0.2) is 0 Å². The molecule has 1 N–H and O–H groups in total. The SMILES string of the molecule is CC(Cl)C(=O)Nc1cccc(-c2csc(-c3cccnc3)n2)c1. The number of hydrogen-bond donors (Lipinski definition) is 1. The molecule has 1 atom stereocenters. The minimum Gasteiger partial charge on any atom is -0.325 e. The Morgan fingerprint density at radius 3 is 2.83 bits per heavy atom. The second-order valence-corrected chi connectivity index (χ2v) is 6.48. The average molecular weight is 344 g/mol. The average Bonchev–Trinajstić information content (AvgIpc) is 3.06. The summed E-state index contributed by atoms with van der Waals surface area (Å²) in [6, 6.07) is 11.4. The van der Waals surface area contributed by atoms with Crippen LogP contribution < -0.4 is 5.32 Å². The van der Waals surface area contributed by atoms with Crippen molar-refractivity contribution < 1.29 is 4.79 Å². The zero-order valence-corrected chi connectivity index (χ0v) is 13.9. The summed E-state index contributed by atoms with van der Waals surface area (Å²) >= 11 is 7.34. The fourth-order valence-electron chi connectivity index (χ4n) is 2.03. The summed E-state index contributed by atoms with van der Waals surface area (Å²) in [7, 11) is 0. The first kappa shape index (κ1) is 15.6. The van der Waals surface area contributed by atoms with Gasteiger partial charge in [-0.15, -0.1) is 22.9 Å². The van der Waals surface area contributed by atoms with E-state index in [1.54, 1.807) is 30.7 Å². The van der Waals surface area contributed by atoms with Gasteiger partial charge < -0.3 is 5.32 Å². The van der Waals surface area contributed by atoms with Gasteiger partial charge in [-0.1, -0.05) is 12.1 Å². The Morgan fingerprint density at radius 1 is 1.26 bits per heavy atom. The monoisotopic (exact) mass is 343 g/mol. The molecule has 0 saturated heterocycles. The zero-order chi connectivity index (χ0) is 16.2. The van der Waals surface area contributed by atoms with Crippen molar-refractivity contribution in [2.45, 2.75) is 12.3 Å². The number of hydrogen-bond acceptors (Lipinski definition) is 4. The molecular formula is C17H14ClN3OS. The van der Waals surface area contributed by atoms with Crippen LogP contribution in [0.3, 0.4) is 0 Å². The topological polar surface area (TPSA) is 54.9 Å². The van der Waals surface area contributed by atoms with Crippen molar-refractivity contribution in [1.82, 2.24) is 9.97 Å². The molecule has 2 aromatic heterocycles. The Balaban J connectivity index is 1.85. The number of thiazole rings is 1. The number of halogens is 1. The van der Waals surface area contributed by atoms with Crippen LogP contribution in [0, 0.1) is 0 Å². The van der Waals surface area contributed by atoms with Crippen LogP contribution in [0.5, 0.6) is 0 Å². The number of alkyl halides is 1. The van der Waals surface area contributed by atoms with E-state index in [0.29, 0.717) is 5.69 Å². The maximum absolute atomic E-state index is 11.7. The third kappa shape index (κ3) is 3.75. The molecule has 116 valence electrons. The molecule has 3 rings (SSSR count). The van der Waals surface area contributed by atoms with Crippen LogP contribution in [-0.4, -0.2) is 21.3 Å². The predicted molar refractivity (Wildman–Crippen MR) is 94.7 cm³/mol. The molecule has 0 spiro atoms. The Hall–Kier alpha value is -2.24. The molecule has 0 aliphatic heterocycles. The van der Waals surface area contributed by atoms with Crippen molar-refractivity contribution in [3.05, 3.63) is 54.2 Å². The van der Waals surface area contributed by atoms with Crippen LogP contribution in [0.4, 0.5) is 5.69 Å². The van der Waals surface area contributed by atoms with E-state index in [0.717, 1.165) is 21.8 Å². The van der Waals surface area contributed by atoms with E-state index in [-0.39, 0.29) is 5.91 Å². The van der Waals surface area contributed by atoms with Crippen LogP contribution >= 0.6 is 22.9 Å². The van der Waals surface area contributed by atoms with Gasteiger partial charge in [0.25, 0.3) is 0 Å². The summed E-state index contributed by atoms with van der Waals surface area (Å²) in [5.74, 6) is -0.224. The molecule has 0 fully saturated rings. The largest absolute Gasteiger partial charge is 0.325 e. The standard InChI is InChI=1S/C17H14ClN3OS/c1-11(18)16(22)20-14-6-2-4-12(8-14)15-10-23-17(21-15)13-5-3-7-19-9-13/h2-11H,1H3,(H,20,22). The van der Waals surface area contributed by atoms with E-state index in [1.807, 2.05) is 41.8 Å². The number of pyridine rings is 1. The van der Waals surface area contributed by atoms with E-state index >= 15 is 0 Å². The lowest BCUT2D eigenvalue weighted by Gasteiger charge is -2.07. The second kappa shape index (κ2) is 6.89. The van der Waals surface area contributed by atoms with Crippen LogP contribution in [-0.2, 0) is 4.79 Å². The van der Waals surface area contributed by atoms with Gasteiger partial charge in [-0.05, 0) is 31.2 Å². The maximum Gasteiger partial charge on any atom is 0.242 e. The van der Waals surface area contributed by atoms with E-state index in [2.05, 4.69) is 15.3 Å². The molecule has 4 nitrogen and oxygen atoms in total. The molecule has 1 unspecified atom stereocenters. The molecule has 1 amide bonds. The lowest BCUT2D eigenvalue weighted by Crippen LogP contribution is -2.20. The van der Waals surface area contributed by atoms with E-state index in [4.69, 9.17) is 11.6 Å². The van der Waals surface area contributed by atoms with Crippen molar-refractivity contribution in [2.75, 3.05) is 5.32 Å². The molecule has 0 aliphatic rings. The van der Waals surface area contributed by atoms with Crippen molar-refractivity contribution >= 4 is 34.5 Å². The second-order valence-electron chi connectivity index (χ2n) is 4.97. The summed E-state index contributed by atoms with van der Waals surface area (Å²) in [6.07, 6.45) is 3.53.